The Morgan fingerprint density at radius 1 is 1.21 bits per heavy atom. The lowest BCUT2D eigenvalue weighted by molar-refractivity contribution is -0.136. The fourth-order valence-corrected chi connectivity index (χ4v) is 4.24. The van der Waals surface area contributed by atoms with Crippen LogP contribution in [0.1, 0.15) is 29.5 Å². The van der Waals surface area contributed by atoms with Gasteiger partial charge < -0.3 is 19.4 Å². The van der Waals surface area contributed by atoms with Crippen LogP contribution >= 0.6 is 0 Å². The average Bonchev–Trinajstić information content (AvgIpc) is 3.43. The lowest BCUT2D eigenvalue weighted by Crippen LogP contribution is -2.28. The molecule has 1 amide bonds. The van der Waals surface area contributed by atoms with E-state index in [4.69, 9.17) is 9.47 Å². The van der Waals surface area contributed by atoms with E-state index < -0.39 is 12.1 Å². The Hall–Kier alpha value is -3.58. The van der Waals surface area contributed by atoms with Crippen molar-refractivity contribution in [2.24, 2.45) is 0 Å². The standard InChI is InChI=1S/C26H29N3O4/c1-29-12-6-9-21(29)15-20-16-27-23-11-10-19(13-22(20)23)14-24(25(30)32-2)28-26(31)33-17-18-7-4-3-5-8-18/h3-5,7-8,10-11,13-14,16,21,27H,6,9,12,15,17H2,1-2H3,(H,28,31)/b24-14+. The number of carbonyl (C=O) groups is 2. The van der Waals surface area contributed by atoms with Gasteiger partial charge in [-0.3, -0.25) is 5.32 Å². The molecule has 1 fully saturated rings. The third kappa shape index (κ3) is 5.62. The maximum Gasteiger partial charge on any atom is 0.412 e. The van der Waals surface area contributed by atoms with Crippen LogP contribution in [0.25, 0.3) is 17.0 Å². The fraction of sp³-hybridized carbons (Fsp3) is 0.308. The number of hydrogen-bond acceptors (Lipinski definition) is 5. The number of aromatic amines is 1. The minimum Gasteiger partial charge on any atom is -0.464 e. The van der Waals surface area contributed by atoms with Crippen molar-refractivity contribution < 1.29 is 19.1 Å². The number of carbonyl (C=O) groups excluding carboxylic acids is 2. The third-order valence-electron chi connectivity index (χ3n) is 6.08. The summed E-state index contributed by atoms with van der Waals surface area (Å²) in [4.78, 5) is 30.3. The smallest absolute Gasteiger partial charge is 0.412 e. The van der Waals surface area contributed by atoms with E-state index in [-0.39, 0.29) is 12.3 Å². The molecular weight excluding hydrogens is 418 g/mol. The van der Waals surface area contributed by atoms with Crippen molar-refractivity contribution in [3.63, 3.8) is 0 Å². The Morgan fingerprint density at radius 3 is 2.76 bits per heavy atom. The maximum atomic E-state index is 12.3. The molecule has 33 heavy (non-hydrogen) atoms. The SMILES string of the molecule is COC(=O)/C(=C\c1ccc2[nH]cc(CC3CCCN3C)c2c1)NC(=O)OCc1ccccc1. The number of hydrogen-bond donors (Lipinski definition) is 2. The van der Waals surface area contributed by atoms with Crippen molar-refractivity contribution >= 4 is 29.0 Å². The van der Waals surface area contributed by atoms with Gasteiger partial charge in [0.15, 0.2) is 0 Å². The van der Waals surface area contributed by atoms with E-state index in [0.717, 1.165) is 35.0 Å². The van der Waals surface area contributed by atoms with E-state index in [9.17, 15) is 9.59 Å². The van der Waals surface area contributed by atoms with E-state index in [0.29, 0.717) is 6.04 Å². The van der Waals surface area contributed by atoms with Crippen LogP contribution < -0.4 is 5.32 Å². The van der Waals surface area contributed by atoms with Gasteiger partial charge in [-0.2, -0.15) is 0 Å². The van der Waals surface area contributed by atoms with E-state index in [2.05, 4.69) is 28.4 Å². The first-order chi connectivity index (χ1) is 16.0. The Bertz CT molecular complexity index is 1150. The quantitative estimate of drug-likeness (QED) is 0.418. The molecule has 1 saturated heterocycles. The van der Waals surface area contributed by atoms with E-state index >= 15 is 0 Å². The van der Waals surface area contributed by atoms with Gasteiger partial charge >= 0.3 is 12.1 Å². The molecule has 1 aromatic heterocycles. The largest absolute Gasteiger partial charge is 0.464 e. The number of nitrogens with one attached hydrogen (secondary N) is 2. The molecule has 0 radical (unpaired) electrons. The van der Waals surface area contributed by atoms with E-state index in [1.54, 1.807) is 6.08 Å². The highest BCUT2D eigenvalue weighted by Crippen LogP contribution is 2.26. The summed E-state index contributed by atoms with van der Waals surface area (Å²) >= 11 is 0. The summed E-state index contributed by atoms with van der Waals surface area (Å²) in [7, 11) is 3.45. The molecule has 0 spiro atoms. The second kappa shape index (κ2) is 10.4. The summed E-state index contributed by atoms with van der Waals surface area (Å²) in [6.45, 7) is 1.24. The van der Waals surface area contributed by atoms with Crippen molar-refractivity contribution in [1.82, 2.24) is 15.2 Å². The van der Waals surface area contributed by atoms with Crippen LogP contribution in [0, 0.1) is 0 Å². The number of H-pyrrole nitrogens is 1. The normalized spacial score (nSPS) is 16.7. The first-order valence-electron chi connectivity index (χ1n) is 11.1. The number of esters is 1. The van der Waals surface area contributed by atoms with Crippen molar-refractivity contribution in [3.8, 4) is 0 Å². The lowest BCUT2D eigenvalue weighted by Gasteiger charge is -2.18. The van der Waals surface area contributed by atoms with Crippen LogP contribution in [0.4, 0.5) is 4.79 Å². The number of likely N-dealkylation sites (N-methyl/N-ethyl adjacent to an activating group) is 1. The van der Waals surface area contributed by atoms with Crippen molar-refractivity contribution in [2.45, 2.75) is 31.9 Å². The van der Waals surface area contributed by atoms with E-state index in [1.165, 1.54) is 25.5 Å². The third-order valence-corrected chi connectivity index (χ3v) is 6.08. The van der Waals surface area contributed by atoms with Crippen LogP contribution in [-0.4, -0.2) is 48.7 Å². The van der Waals surface area contributed by atoms with Gasteiger partial charge in [0.2, 0.25) is 0 Å². The molecule has 1 atom stereocenters. The van der Waals surface area contributed by atoms with Crippen LogP contribution in [0.2, 0.25) is 0 Å². The zero-order chi connectivity index (χ0) is 23.2. The molecule has 1 aliphatic heterocycles. The highest BCUT2D eigenvalue weighted by atomic mass is 16.6. The summed E-state index contributed by atoms with van der Waals surface area (Å²) in [5, 5.41) is 3.63. The molecule has 7 heteroatoms. The molecule has 1 unspecified atom stereocenters. The summed E-state index contributed by atoms with van der Waals surface area (Å²) in [5.41, 5.74) is 3.94. The van der Waals surface area contributed by atoms with Gasteiger partial charge in [0.25, 0.3) is 0 Å². The van der Waals surface area contributed by atoms with Crippen molar-refractivity contribution in [3.05, 3.63) is 77.1 Å². The van der Waals surface area contributed by atoms with Gasteiger partial charge in [-0.05, 0) is 67.8 Å². The number of likely N-dealkylation sites (tertiary alicyclic amines) is 1. The van der Waals surface area contributed by atoms with Gasteiger partial charge in [0.1, 0.15) is 12.3 Å². The van der Waals surface area contributed by atoms with Gasteiger partial charge in [0, 0.05) is 23.1 Å². The molecule has 7 nitrogen and oxygen atoms in total. The molecule has 0 aliphatic carbocycles. The first kappa shape index (κ1) is 22.6. The number of amides is 1. The minimum atomic E-state index is -0.719. The number of methoxy groups -OCH3 is 1. The molecule has 1 aliphatic rings. The molecule has 172 valence electrons. The number of rotatable bonds is 7. The Balaban J connectivity index is 1.51. The second-order valence-corrected chi connectivity index (χ2v) is 8.34. The van der Waals surface area contributed by atoms with Crippen LogP contribution in [0.5, 0.6) is 0 Å². The van der Waals surface area contributed by atoms with Gasteiger partial charge in [-0.1, -0.05) is 36.4 Å². The summed E-state index contributed by atoms with van der Waals surface area (Å²) in [6.07, 6.45) is 6.34. The number of nitrogens with zero attached hydrogens (tertiary/aromatic N) is 1. The Morgan fingerprint density at radius 2 is 2.03 bits per heavy atom. The number of alkyl carbamates (subject to hydrolysis) is 1. The Kier molecular flexibility index (Phi) is 7.10. The molecule has 2 heterocycles. The van der Waals surface area contributed by atoms with Crippen LogP contribution in [-0.2, 0) is 27.3 Å². The average molecular weight is 448 g/mol. The molecule has 4 rings (SSSR count). The Labute approximate surface area is 193 Å². The highest BCUT2D eigenvalue weighted by Gasteiger charge is 2.22. The molecule has 0 saturated carbocycles. The fourth-order valence-electron chi connectivity index (χ4n) is 4.24. The van der Waals surface area contributed by atoms with Gasteiger partial charge in [-0.25, -0.2) is 9.59 Å². The number of ether oxygens (including phenoxy) is 2. The van der Waals surface area contributed by atoms with Crippen LogP contribution in [0.3, 0.4) is 0 Å². The second-order valence-electron chi connectivity index (χ2n) is 8.34. The molecule has 3 aromatic rings. The van der Waals surface area contributed by atoms with Gasteiger partial charge in [-0.15, -0.1) is 0 Å². The van der Waals surface area contributed by atoms with Crippen LogP contribution in [0.15, 0.2) is 60.4 Å². The van der Waals surface area contributed by atoms with E-state index in [1.807, 2.05) is 48.5 Å². The molecule has 0 bridgehead atoms. The number of benzene rings is 2. The predicted octanol–water partition coefficient (Wildman–Crippen LogP) is 4.24. The predicted molar refractivity (Wildman–Crippen MR) is 127 cm³/mol. The molecule has 2 N–H and O–H groups in total. The molecule has 2 aromatic carbocycles. The van der Waals surface area contributed by atoms with Gasteiger partial charge in [0.05, 0.1) is 7.11 Å². The highest BCUT2D eigenvalue weighted by molar-refractivity contribution is 5.97. The maximum absolute atomic E-state index is 12.3. The monoisotopic (exact) mass is 447 g/mol. The molecular formula is C26H29N3O4. The van der Waals surface area contributed by atoms with Crippen molar-refractivity contribution in [1.29, 1.82) is 0 Å². The summed E-state index contributed by atoms with van der Waals surface area (Å²) in [6, 6.07) is 15.8. The minimum absolute atomic E-state index is 0.0162. The van der Waals surface area contributed by atoms with Crippen molar-refractivity contribution in [2.75, 3.05) is 20.7 Å². The lowest BCUT2D eigenvalue weighted by atomic mass is 10.0. The topological polar surface area (TPSA) is 83.7 Å². The first-order valence-corrected chi connectivity index (χ1v) is 11.1. The number of aromatic nitrogens is 1. The summed E-state index contributed by atoms with van der Waals surface area (Å²) in [5.74, 6) is -0.645. The number of fused-ring (bicyclic) bond motifs is 1. The zero-order valence-corrected chi connectivity index (χ0v) is 19.0. The zero-order valence-electron chi connectivity index (χ0n) is 19.0. The summed E-state index contributed by atoms with van der Waals surface area (Å²) < 4.78 is 10.1.